The fraction of sp³-hybridized carbons (Fsp3) is 0.233. The molecular weight excluding hydrogens is 500 g/mol. The highest BCUT2D eigenvalue weighted by Crippen LogP contribution is 2.25. The van der Waals surface area contributed by atoms with Crippen molar-refractivity contribution >= 4 is 29.2 Å². The largest absolute Gasteiger partial charge is 0.367 e. The third kappa shape index (κ3) is 7.54. The van der Waals surface area contributed by atoms with E-state index in [0.717, 1.165) is 29.7 Å². The first-order valence-corrected chi connectivity index (χ1v) is 13.0. The predicted molar refractivity (Wildman–Crippen MR) is 150 cm³/mol. The zero-order valence-electron chi connectivity index (χ0n) is 21.3. The number of nitrogens with zero attached hydrogens (tertiary/aromatic N) is 3. The number of unbranched alkanes of at least 4 members (excludes halogenated alkanes) is 1. The van der Waals surface area contributed by atoms with Crippen molar-refractivity contribution in [2.24, 2.45) is 0 Å². The highest BCUT2D eigenvalue weighted by Gasteiger charge is 2.19. The van der Waals surface area contributed by atoms with E-state index in [0.29, 0.717) is 29.7 Å². The van der Waals surface area contributed by atoms with E-state index in [2.05, 4.69) is 5.32 Å². The van der Waals surface area contributed by atoms with Gasteiger partial charge in [0.2, 0.25) is 11.8 Å². The van der Waals surface area contributed by atoms with Crippen LogP contribution in [0.25, 0.3) is 16.9 Å². The van der Waals surface area contributed by atoms with Crippen LogP contribution in [0.4, 0.5) is 5.82 Å². The number of anilines is 1. The molecule has 7 nitrogen and oxygen atoms in total. The molecule has 0 saturated heterocycles. The van der Waals surface area contributed by atoms with E-state index >= 15 is 0 Å². The number of carbonyl (C=O) groups is 2. The van der Waals surface area contributed by atoms with Crippen LogP contribution in [-0.4, -0.2) is 46.2 Å². The van der Waals surface area contributed by atoms with Crippen molar-refractivity contribution in [1.82, 2.24) is 14.7 Å². The molecule has 1 heterocycles. The highest BCUT2D eigenvalue weighted by molar-refractivity contribution is 6.30. The molecular formula is C30H31ClN4O3. The molecule has 0 aliphatic rings. The SMILES string of the molecule is CCCCN(CC(=O)Nc1cc(-c2ccccc2)nn1-c1ccc(Cl)cc1)C(=O)COCc1ccccc1. The average molecular weight is 531 g/mol. The molecule has 0 unspecified atom stereocenters. The minimum absolute atomic E-state index is 0.0833. The van der Waals surface area contributed by atoms with Crippen molar-refractivity contribution in [3.63, 3.8) is 0 Å². The third-order valence-electron chi connectivity index (χ3n) is 5.92. The lowest BCUT2D eigenvalue weighted by molar-refractivity contribution is -0.139. The molecule has 0 aliphatic carbocycles. The summed E-state index contributed by atoms with van der Waals surface area (Å²) in [6.07, 6.45) is 1.69. The fourth-order valence-electron chi connectivity index (χ4n) is 3.92. The zero-order chi connectivity index (χ0) is 26.7. The smallest absolute Gasteiger partial charge is 0.249 e. The number of nitrogens with one attached hydrogen (secondary N) is 1. The average Bonchev–Trinajstić information content (AvgIpc) is 3.36. The summed E-state index contributed by atoms with van der Waals surface area (Å²) in [6, 6.07) is 28.4. The lowest BCUT2D eigenvalue weighted by Crippen LogP contribution is -2.40. The predicted octanol–water partition coefficient (Wildman–Crippen LogP) is 5.98. The molecule has 0 saturated carbocycles. The van der Waals surface area contributed by atoms with Crippen LogP contribution in [0.5, 0.6) is 0 Å². The van der Waals surface area contributed by atoms with Crippen molar-refractivity contribution in [3.8, 4) is 16.9 Å². The van der Waals surface area contributed by atoms with E-state index < -0.39 is 0 Å². The molecule has 1 N–H and O–H groups in total. The number of hydrogen-bond acceptors (Lipinski definition) is 4. The van der Waals surface area contributed by atoms with Gasteiger partial charge in [-0.05, 0) is 36.2 Å². The highest BCUT2D eigenvalue weighted by atomic mass is 35.5. The van der Waals surface area contributed by atoms with E-state index in [1.807, 2.05) is 85.8 Å². The molecule has 0 bridgehead atoms. The molecule has 8 heteroatoms. The lowest BCUT2D eigenvalue weighted by atomic mass is 10.1. The second-order valence-corrected chi connectivity index (χ2v) is 9.30. The quantitative estimate of drug-likeness (QED) is 0.244. The van der Waals surface area contributed by atoms with Crippen LogP contribution in [0.15, 0.2) is 91.0 Å². The summed E-state index contributed by atoms with van der Waals surface area (Å²) >= 11 is 6.08. The van der Waals surface area contributed by atoms with E-state index in [-0.39, 0.29) is 25.0 Å². The molecule has 1 aromatic heterocycles. The van der Waals surface area contributed by atoms with E-state index in [1.165, 1.54) is 0 Å². The first-order chi connectivity index (χ1) is 18.5. The summed E-state index contributed by atoms with van der Waals surface area (Å²) in [5.41, 5.74) is 3.37. The summed E-state index contributed by atoms with van der Waals surface area (Å²) in [7, 11) is 0. The molecule has 2 amide bonds. The van der Waals surface area contributed by atoms with Gasteiger partial charge in [-0.15, -0.1) is 0 Å². The molecule has 196 valence electrons. The van der Waals surface area contributed by atoms with Gasteiger partial charge in [-0.25, -0.2) is 4.68 Å². The van der Waals surface area contributed by atoms with Crippen molar-refractivity contribution in [3.05, 3.63) is 102 Å². The monoisotopic (exact) mass is 530 g/mol. The van der Waals surface area contributed by atoms with Gasteiger partial charge in [0.25, 0.3) is 0 Å². The van der Waals surface area contributed by atoms with Crippen molar-refractivity contribution in [2.75, 3.05) is 25.0 Å². The van der Waals surface area contributed by atoms with Crippen molar-refractivity contribution in [2.45, 2.75) is 26.4 Å². The number of rotatable bonds is 12. The second-order valence-electron chi connectivity index (χ2n) is 8.86. The third-order valence-corrected chi connectivity index (χ3v) is 6.18. The number of benzene rings is 3. The van der Waals surface area contributed by atoms with Crippen LogP contribution in [0.2, 0.25) is 5.02 Å². The van der Waals surface area contributed by atoms with Gasteiger partial charge in [0, 0.05) is 23.2 Å². The molecule has 0 spiro atoms. The summed E-state index contributed by atoms with van der Waals surface area (Å²) in [4.78, 5) is 27.6. The summed E-state index contributed by atoms with van der Waals surface area (Å²) < 4.78 is 7.30. The summed E-state index contributed by atoms with van der Waals surface area (Å²) in [6.45, 7) is 2.68. The molecule has 0 fully saturated rings. The molecule has 4 aromatic rings. The standard InChI is InChI=1S/C30H31ClN4O3/c1-2-3-18-34(30(37)22-38-21-23-10-6-4-7-11-23)20-29(36)32-28-19-27(24-12-8-5-9-13-24)33-35(28)26-16-14-25(31)15-17-26/h4-17,19H,2-3,18,20-22H2,1H3,(H,32,36). The Kier molecular flexibility index (Phi) is 9.67. The van der Waals surface area contributed by atoms with E-state index in [9.17, 15) is 9.59 Å². The van der Waals surface area contributed by atoms with Gasteiger partial charge < -0.3 is 15.0 Å². The molecule has 38 heavy (non-hydrogen) atoms. The Labute approximate surface area is 228 Å². The number of aromatic nitrogens is 2. The molecule has 3 aromatic carbocycles. The van der Waals surface area contributed by atoms with Crippen molar-refractivity contribution < 1.29 is 14.3 Å². The number of carbonyl (C=O) groups excluding carboxylic acids is 2. The molecule has 4 rings (SSSR count). The molecule has 0 aliphatic heterocycles. The van der Waals surface area contributed by atoms with Crippen LogP contribution < -0.4 is 5.32 Å². The Morgan fingerprint density at radius 3 is 2.34 bits per heavy atom. The molecule has 0 atom stereocenters. The first kappa shape index (κ1) is 27.1. The topological polar surface area (TPSA) is 76.5 Å². The number of amides is 2. The Bertz CT molecular complexity index is 1320. The van der Waals surface area contributed by atoms with Gasteiger partial charge in [0.15, 0.2) is 0 Å². The maximum Gasteiger partial charge on any atom is 0.249 e. The summed E-state index contributed by atoms with van der Waals surface area (Å²) in [5.74, 6) is -0.0349. The minimum atomic E-state index is -0.313. The van der Waals surface area contributed by atoms with Crippen LogP contribution in [-0.2, 0) is 20.9 Å². The van der Waals surface area contributed by atoms with Crippen LogP contribution in [0.1, 0.15) is 25.3 Å². The van der Waals surface area contributed by atoms with Crippen LogP contribution in [0.3, 0.4) is 0 Å². The number of ether oxygens (including phenoxy) is 1. The normalized spacial score (nSPS) is 10.8. The molecule has 0 radical (unpaired) electrons. The number of halogens is 1. The first-order valence-electron chi connectivity index (χ1n) is 12.6. The van der Waals surface area contributed by atoms with Gasteiger partial charge in [0.05, 0.1) is 24.5 Å². The second kappa shape index (κ2) is 13.6. The Morgan fingerprint density at radius 1 is 0.974 bits per heavy atom. The Balaban J connectivity index is 1.47. The Morgan fingerprint density at radius 2 is 1.66 bits per heavy atom. The van der Waals surface area contributed by atoms with Gasteiger partial charge in [-0.1, -0.05) is 85.6 Å². The van der Waals surface area contributed by atoms with Gasteiger partial charge in [0.1, 0.15) is 12.4 Å². The van der Waals surface area contributed by atoms with Crippen molar-refractivity contribution in [1.29, 1.82) is 0 Å². The Hall–Kier alpha value is -3.94. The van der Waals surface area contributed by atoms with E-state index in [4.69, 9.17) is 21.4 Å². The van der Waals surface area contributed by atoms with Gasteiger partial charge in [-0.2, -0.15) is 5.10 Å². The zero-order valence-corrected chi connectivity index (χ0v) is 22.1. The van der Waals surface area contributed by atoms with Gasteiger partial charge >= 0.3 is 0 Å². The fourth-order valence-corrected chi connectivity index (χ4v) is 4.04. The van der Waals surface area contributed by atoms with E-state index in [1.54, 1.807) is 21.7 Å². The maximum absolute atomic E-state index is 13.2. The lowest BCUT2D eigenvalue weighted by Gasteiger charge is -2.22. The van der Waals surface area contributed by atoms with Crippen LogP contribution >= 0.6 is 11.6 Å². The van der Waals surface area contributed by atoms with Crippen LogP contribution in [0, 0.1) is 0 Å². The maximum atomic E-state index is 13.2. The summed E-state index contributed by atoms with van der Waals surface area (Å²) in [5, 5.41) is 8.28. The number of hydrogen-bond donors (Lipinski definition) is 1. The van der Waals surface area contributed by atoms with Gasteiger partial charge in [-0.3, -0.25) is 9.59 Å². The minimum Gasteiger partial charge on any atom is -0.367 e.